The Balaban J connectivity index is 2.10. The van der Waals surface area contributed by atoms with Crippen molar-refractivity contribution in [3.05, 3.63) is 33.8 Å². The van der Waals surface area contributed by atoms with Gasteiger partial charge in [0.2, 0.25) is 0 Å². The fourth-order valence-electron chi connectivity index (χ4n) is 2.99. The van der Waals surface area contributed by atoms with Crippen LogP contribution in [-0.4, -0.2) is 10.6 Å². The smallest absolute Gasteiger partial charge is 0.141 e. The largest absolute Gasteiger partial charge is 0.485 e. The molecular formula is C18H20N2OS. The second-order valence-electron chi connectivity index (χ2n) is 5.95. The fraction of sp³-hybridized carbons (Fsp3) is 0.444. The van der Waals surface area contributed by atoms with Crippen molar-refractivity contribution in [1.29, 1.82) is 5.26 Å². The molecule has 1 aliphatic rings. The minimum absolute atomic E-state index is 0.152. The van der Waals surface area contributed by atoms with Crippen LogP contribution in [0.5, 0.6) is 5.75 Å². The van der Waals surface area contributed by atoms with Gasteiger partial charge in [-0.2, -0.15) is 5.26 Å². The molecule has 4 heteroatoms. The van der Waals surface area contributed by atoms with E-state index < -0.39 is 0 Å². The Bertz CT molecular complexity index is 747. The molecule has 1 aromatic heterocycles. The van der Waals surface area contributed by atoms with E-state index in [4.69, 9.17) is 4.74 Å². The van der Waals surface area contributed by atoms with Gasteiger partial charge in [0.25, 0.3) is 0 Å². The number of hydrogen-bond acceptors (Lipinski definition) is 4. The molecule has 0 fully saturated rings. The number of nitriles is 1. The lowest BCUT2D eigenvalue weighted by Crippen LogP contribution is -2.32. The summed E-state index contributed by atoms with van der Waals surface area (Å²) in [7, 11) is 0. The molecule has 0 unspecified atom stereocenters. The summed E-state index contributed by atoms with van der Waals surface area (Å²) < 4.78 is 6.20. The maximum Gasteiger partial charge on any atom is 0.141 e. The number of aryl methyl sites for hydroxylation is 2. The van der Waals surface area contributed by atoms with Gasteiger partial charge in [-0.25, -0.2) is 4.98 Å². The molecule has 114 valence electrons. The highest BCUT2D eigenvalue weighted by molar-refractivity contribution is 7.15. The molecule has 0 bridgehead atoms. The molecule has 0 atom stereocenters. The first-order valence-electron chi connectivity index (χ1n) is 7.72. The number of benzene rings is 1. The third-order valence-corrected chi connectivity index (χ3v) is 5.80. The van der Waals surface area contributed by atoms with Crippen LogP contribution in [0.15, 0.2) is 12.1 Å². The Morgan fingerprint density at radius 3 is 2.59 bits per heavy atom. The standard InChI is InChI=1S/C18H20N2OS/c1-5-18(6-2)9-14-7-13(8-15(10-19)16(14)21-18)17-20-11(3)12(4)22-17/h7-8H,5-6,9H2,1-4H3. The van der Waals surface area contributed by atoms with Crippen molar-refractivity contribution >= 4 is 11.3 Å². The summed E-state index contributed by atoms with van der Waals surface area (Å²) in [4.78, 5) is 5.85. The van der Waals surface area contributed by atoms with E-state index in [1.54, 1.807) is 11.3 Å². The lowest BCUT2D eigenvalue weighted by Gasteiger charge is -2.25. The Labute approximate surface area is 135 Å². The zero-order chi connectivity index (χ0) is 15.9. The van der Waals surface area contributed by atoms with Gasteiger partial charge in [0, 0.05) is 22.4 Å². The summed E-state index contributed by atoms with van der Waals surface area (Å²) in [6.45, 7) is 8.40. The number of hydrogen-bond donors (Lipinski definition) is 0. The first-order valence-corrected chi connectivity index (χ1v) is 8.54. The van der Waals surface area contributed by atoms with Crippen LogP contribution >= 0.6 is 11.3 Å². The molecule has 22 heavy (non-hydrogen) atoms. The lowest BCUT2D eigenvalue weighted by molar-refractivity contribution is 0.0855. The number of thiazole rings is 1. The molecule has 0 saturated heterocycles. The highest BCUT2D eigenvalue weighted by Crippen LogP contribution is 2.43. The topological polar surface area (TPSA) is 45.9 Å². The minimum Gasteiger partial charge on any atom is -0.485 e. The van der Waals surface area contributed by atoms with E-state index in [1.807, 2.05) is 13.0 Å². The average Bonchev–Trinajstić information content (AvgIpc) is 3.07. The van der Waals surface area contributed by atoms with E-state index in [-0.39, 0.29) is 5.60 Å². The highest BCUT2D eigenvalue weighted by atomic mass is 32.1. The van der Waals surface area contributed by atoms with Gasteiger partial charge in [-0.05, 0) is 38.8 Å². The predicted molar refractivity (Wildman–Crippen MR) is 89.4 cm³/mol. The summed E-state index contributed by atoms with van der Waals surface area (Å²) in [5.74, 6) is 0.778. The van der Waals surface area contributed by atoms with E-state index in [9.17, 15) is 5.26 Å². The van der Waals surface area contributed by atoms with E-state index in [0.717, 1.165) is 46.8 Å². The Morgan fingerprint density at radius 1 is 1.32 bits per heavy atom. The first-order chi connectivity index (χ1) is 10.5. The van der Waals surface area contributed by atoms with Crippen LogP contribution in [0.2, 0.25) is 0 Å². The lowest BCUT2D eigenvalue weighted by atomic mass is 9.91. The zero-order valence-electron chi connectivity index (χ0n) is 13.5. The molecule has 0 saturated carbocycles. The summed E-state index contributed by atoms with van der Waals surface area (Å²) in [5.41, 5.74) is 3.71. The quantitative estimate of drug-likeness (QED) is 0.818. The van der Waals surface area contributed by atoms with Gasteiger partial charge >= 0.3 is 0 Å². The number of rotatable bonds is 3. The third kappa shape index (κ3) is 2.30. The maximum absolute atomic E-state index is 9.50. The number of nitrogens with zero attached hydrogens (tertiary/aromatic N) is 2. The van der Waals surface area contributed by atoms with Gasteiger partial charge in [-0.15, -0.1) is 11.3 Å². The molecule has 0 radical (unpaired) electrons. The zero-order valence-corrected chi connectivity index (χ0v) is 14.3. The van der Waals surface area contributed by atoms with Gasteiger partial charge in [0.15, 0.2) is 0 Å². The van der Waals surface area contributed by atoms with Gasteiger partial charge in [-0.1, -0.05) is 13.8 Å². The SMILES string of the molecule is CCC1(CC)Cc2cc(-c3nc(C)c(C)s3)cc(C#N)c2O1. The average molecular weight is 312 g/mol. The van der Waals surface area contributed by atoms with Crippen LogP contribution in [0.4, 0.5) is 0 Å². The minimum atomic E-state index is -0.152. The van der Waals surface area contributed by atoms with Gasteiger partial charge in [-0.3, -0.25) is 0 Å². The summed E-state index contributed by atoms with van der Waals surface area (Å²) in [6.07, 6.45) is 2.78. The predicted octanol–water partition coefficient (Wildman–Crippen LogP) is 4.79. The molecule has 2 heterocycles. The molecule has 1 aromatic carbocycles. The Kier molecular flexibility index (Phi) is 3.70. The van der Waals surface area contributed by atoms with Gasteiger partial charge in [0.1, 0.15) is 22.4 Å². The van der Waals surface area contributed by atoms with E-state index in [2.05, 4.69) is 37.9 Å². The third-order valence-electron chi connectivity index (χ3n) is 4.68. The molecule has 0 amide bonds. The van der Waals surface area contributed by atoms with Gasteiger partial charge in [0.05, 0.1) is 11.3 Å². The molecule has 2 aromatic rings. The first kappa shape index (κ1) is 15.1. The van der Waals surface area contributed by atoms with Crippen LogP contribution in [0, 0.1) is 25.2 Å². The Morgan fingerprint density at radius 2 is 2.05 bits per heavy atom. The van der Waals surface area contributed by atoms with Crippen LogP contribution in [-0.2, 0) is 6.42 Å². The summed E-state index contributed by atoms with van der Waals surface area (Å²) >= 11 is 1.68. The molecule has 1 aliphatic heterocycles. The van der Waals surface area contributed by atoms with E-state index in [1.165, 1.54) is 4.88 Å². The molecular weight excluding hydrogens is 292 g/mol. The van der Waals surface area contributed by atoms with Crippen molar-refractivity contribution in [3.63, 3.8) is 0 Å². The Hall–Kier alpha value is -1.86. The van der Waals surface area contributed by atoms with E-state index >= 15 is 0 Å². The molecule has 0 N–H and O–H groups in total. The number of fused-ring (bicyclic) bond motifs is 1. The van der Waals surface area contributed by atoms with Crippen molar-refractivity contribution < 1.29 is 4.74 Å². The fourth-order valence-corrected chi connectivity index (χ4v) is 3.89. The normalized spacial score (nSPS) is 15.2. The van der Waals surface area contributed by atoms with Crippen LogP contribution in [0.1, 0.15) is 48.4 Å². The second kappa shape index (κ2) is 5.40. The van der Waals surface area contributed by atoms with Gasteiger partial charge < -0.3 is 4.74 Å². The van der Waals surface area contributed by atoms with Crippen molar-refractivity contribution in [3.8, 4) is 22.4 Å². The second-order valence-corrected chi connectivity index (χ2v) is 7.16. The summed E-state index contributed by atoms with van der Waals surface area (Å²) in [5, 5.41) is 10.5. The van der Waals surface area contributed by atoms with Crippen LogP contribution in [0.25, 0.3) is 10.6 Å². The molecule has 3 rings (SSSR count). The highest BCUT2D eigenvalue weighted by Gasteiger charge is 2.38. The van der Waals surface area contributed by atoms with E-state index in [0.29, 0.717) is 5.56 Å². The molecule has 0 spiro atoms. The van der Waals surface area contributed by atoms with Crippen molar-refractivity contribution in [2.75, 3.05) is 0 Å². The van der Waals surface area contributed by atoms with Crippen LogP contribution < -0.4 is 4.74 Å². The van der Waals surface area contributed by atoms with Crippen molar-refractivity contribution in [1.82, 2.24) is 4.98 Å². The number of aromatic nitrogens is 1. The van der Waals surface area contributed by atoms with Crippen molar-refractivity contribution in [2.24, 2.45) is 0 Å². The number of ether oxygens (including phenoxy) is 1. The molecule has 3 nitrogen and oxygen atoms in total. The van der Waals surface area contributed by atoms with Crippen molar-refractivity contribution in [2.45, 2.75) is 52.6 Å². The maximum atomic E-state index is 9.50. The monoisotopic (exact) mass is 312 g/mol. The molecule has 0 aliphatic carbocycles. The van der Waals surface area contributed by atoms with Crippen LogP contribution in [0.3, 0.4) is 0 Å². The summed E-state index contributed by atoms with van der Waals surface area (Å²) in [6, 6.07) is 6.37.